The lowest BCUT2D eigenvalue weighted by atomic mass is 9.92. The fourth-order valence-corrected chi connectivity index (χ4v) is 4.64. The van der Waals surface area contributed by atoms with E-state index in [0.717, 1.165) is 41.0 Å². The first-order chi connectivity index (χ1) is 12.6. The lowest BCUT2D eigenvalue weighted by Gasteiger charge is -2.36. The molecule has 144 valence electrons. The average Bonchev–Trinajstić information content (AvgIpc) is 2.69. The Hall–Kier alpha value is -0.490. The molecule has 0 spiro atoms. The number of halogens is 1. The Kier molecular flexibility index (Phi) is 7.92. The Morgan fingerprint density at radius 1 is 1.12 bits per heavy atom. The van der Waals surface area contributed by atoms with Gasteiger partial charge in [0.05, 0.1) is 12.7 Å². The van der Waals surface area contributed by atoms with Gasteiger partial charge in [0.1, 0.15) is 4.99 Å². The lowest BCUT2D eigenvalue weighted by Crippen LogP contribution is -2.40. The van der Waals surface area contributed by atoms with Crippen LogP contribution in [0.25, 0.3) is 0 Å². The highest BCUT2D eigenvalue weighted by molar-refractivity contribution is 9.10. The first-order valence-corrected chi connectivity index (χ1v) is 11.2. The van der Waals surface area contributed by atoms with Crippen LogP contribution in [-0.4, -0.2) is 60.2 Å². The van der Waals surface area contributed by atoms with Gasteiger partial charge in [-0.05, 0) is 63.7 Å². The second-order valence-corrected chi connectivity index (χ2v) is 8.93. The number of benzene rings is 1. The largest absolute Gasteiger partial charge is 0.377 e. The van der Waals surface area contributed by atoms with Crippen LogP contribution in [0, 0.1) is 0 Å². The second kappa shape index (κ2) is 10.2. The number of likely N-dealkylation sites (tertiary alicyclic amines) is 1. The maximum Gasteiger partial charge on any atom is 0.109 e. The molecule has 5 heteroatoms. The highest BCUT2D eigenvalue weighted by atomic mass is 79.9. The molecule has 3 rings (SSSR count). The van der Waals surface area contributed by atoms with E-state index in [1.54, 1.807) is 0 Å². The summed E-state index contributed by atoms with van der Waals surface area (Å²) >= 11 is 9.20. The van der Waals surface area contributed by atoms with Crippen LogP contribution in [-0.2, 0) is 4.74 Å². The van der Waals surface area contributed by atoms with E-state index < -0.39 is 0 Å². The van der Waals surface area contributed by atoms with Crippen molar-refractivity contribution in [1.82, 2.24) is 9.80 Å². The Labute approximate surface area is 172 Å². The van der Waals surface area contributed by atoms with Gasteiger partial charge in [-0.1, -0.05) is 46.7 Å². The van der Waals surface area contributed by atoms with Gasteiger partial charge in [0.2, 0.25) is 0 Å². The lowest BCUT2D eigenvalue weighted by molar-refractivity contribution is 0.00456. The third-order valence-corrected chi connectivity index (χ3v) is 6.87. The highest BCUT2D eigenvalue weighted by Gasteiger charge is 2.26. The van der Waals surface area contributed by atoms with Gasteiger partial charge in [0.15, 0.2) is 0 Å². The number of thiocarbonyl (C=S) groups is 1. The van der Waals surface area contributed by atoms with Gasteiger partial charge in [-0.25, -0.2) is 0 Å². The molecule has 1 heterocycles. The van der Waals surface area contributed by atoms with E-state index in [2.05, 4.69) is 57.0 Å². The zero-order valence-electron chi connectivity index (χ0n) is 15.8. The van der Waals surface area contributed by atoms with Gasteiger partial charge in [-0.15, -0.1) is 0 Å². The second-order valence-electron chi connectivity index (χ2n) is 7.63. The van der Waals surface area contributed by atoms with Gasteiger partial charge in [0, 0.05) is 29.7 Å². The summed E-state index contributed by atoms with van der Waals surface area (Å²) in [4.78, 5) is 5.80. The van der Waals surface area contributed by atoms with E-state index in [1.165, 1.54) is 45.2 Å². The minimum Gasteiger partial charge on any atom is -0.377 e. The quantitative estimate of drug-likeness (QED) is 0.588. The molecule has 0 amide bonds. The van der Waals surface area contributed by atoms with Crippen molar-refractivity contribution < 1.29 is 4.74 Å². The summed E-state index contributed by atoms with van der Waals surface area (Å²) in [6, 6.07) is 8.84. The normalized spacial score (nSPS) is 24.4. The third kappa shape index (κ3) is 5.75. The van der Waals surface area contributed by atoms with Gasteiger partial charge < -0.3 is 14.5 Å². The SMILES string of the molecule is CN(C(=S)c1ccc(Br)cc1)C1CCC(OCCN2CCCCC2)CC1. The molecule has 1 aromatic carbocycles. The van der Waals surface area contributed by atoms with Crippen molar-refractivity contribution in [2.45, 2.75) is 57.1 Å². The van der Waals surface area contributed by atoms with Crippen LogP contribution in [0.5, 0.6) is 0 Å². The standard InChI is InChI=1S/C21H31BrN2OS/c1-23(21(26)17-5-7-18(22)8-6-17)19-9-11-20(12-10-19)25-16-15-24-13-3-2-4-14-24/h5-8,19-20H,2-4,9-16H2,1H3. The average molecular weight is 439 g/mol. The van der Waals surface area contributed by atoms with Crippen molar-refractivity contribution in [3.8, 4) is 0 Å². The maximum atomic E-state index is 6.17. The van der Waals surface area contributed by atoms with E-state index in [4.69, 9.17) is 17.0 Å². The van der Waals surface area contributed by atoms with E-state index >= 15 is 0 Å². The molecular formula is C21H31BrN2OS. The van der Waals surface area contributed by atoms with Crippen LogP contribution < -0.4 is 0 Å². The van der Waals surface area contributed by atoms with Crippen LogP contribution in [0.15, 0.2) is 28.7 Å². The summed E-state index contributed by atoms with van der Waals surface area (Å²) in [7, 11) is 2.15. The summed E-state index contributed by atoms with van der Waals surface area (Å²) in [6.45, 7) is 4.51. The van der Waals surface area contributed by atoms with E-state index in [9.17, 15) is 0 Å². The monoisotopic (exact) mass is 438 g/mol. The van der Waals surface area contributed by atoms with E-state index in [-0.39, 0.29) is 0 Å². The smallest absolute Gasteiger partial charge is 0.109 e. The molecule has 0 unspecified atom stereocenters. The molecule has 0 bridgehead atoms. The number of piperidine rings is 1. The van der Waals surface area contributed by atoms with E-state index in [1.807, 2.05) is 0 Å². The number of hydrogen-bond acceptors (Lipinski definition) is 3. The minimum absolute atomic E-state index is 0.436. The first kappa shape index (κ1) is 20.2. The summed E-state index contributed by atoms with van der Waals surface area (Å²) < 4.78 is 7.27. The zero-order chi connectivity index (χ0) is 18.4. The van der Waals surface area contributed by atoms with Crippen molar-refractivity contribution in [2.75, 3.05) is 33.3 Å². The zero-order valence-corrected chi connectivity index (χ0v) is 18.2. The molecule has 26 heavy (non-hydrogen) atoms. The van der Waals surface area contributed by atoms with Crippen molar-refractivity contribution in [1.29, 1.82) is 0 Å². The molecule has 2 fully saturated rings. The molecule has 3 nitrogen and oxygen atoms in total. The molecule has 0 atom stereocenters. The highest BCUT2D eigenvalue weighted by Crippen LogP contribution is 2.26. The number of nitrogens with zero attached hydrogens (tertiary/aromatic N) is 2. The van der Waals surface area contributed by atoms with Gasteiger partial charge in [-0.3, -0.25) is 0 Å². The topological polar surface area (TPSA) is 15.7 Å². The molecule has 2 aliphatic rings. The van der Waals surface area contributed by atoms with Crippen LogP contribution in [0.2, 0.25) is 0 Å². The predicted molar refractivity (Wildman–Crippen MR) is 116 cm³/mol. The number of rotatable bonds is 6. The van der Waals surface area contributed by atoms with Crippen molar-refractivity contribution in [3.63, 3.8) is 0 Å². The number of hydrogen-bond donors (Lipinski definition) is 0. The Morgan fingerprint density at radius 3 is 2.42 bits per heavy atom. The van der Waals surface area contributed by atoms with Gasteiger partial charge >= 0.3 is 0 Å². The van der Waals surface area contributed by atoms with Gasteiger partial charge in [0.25, 0.3) is 0 Å². The number of ether oxygens (including phenoxy) is 1. The first-order valence-electron chi connectivity index (χ1n) is 10.00. The minimum atomic E-state index is 0.436. The van der Waals surface area contributed by atoms with Crippen molar-refractivity contribution in [2.24, 2.45) is 0 Å². The molecule has 0 aromatic heterocycles. The molecule has 0 radical (unpaired) electrons. The molecule has 0 N–H and O–H groups in total. The van der Waals surface area contributed by atoms with Crippen LogP contribution in [0.1, 0.15) is 50.5 Å². The molecule has 1 saturated carbocycles. The fraction of sp³-hybridized carbons (Fsp3) is 0.667. The van der Waals surface area contributed by atoms with Crippen LogP contribution >= 0.6 is 28.1 Å². The molecule has 1 aromatic rings. The van der Waals surface area contributed by atoms with Crippen molar-refractivity contribution >= 4 is 33.1 Å². The third-order valence-electron chi connectivity index (χ3n) is 5.81. The summed E-state index contributed by atoms with van der Waals surface area (Å²) in [6.07, 6.45) is 9.19. The van der Waals surface area contributed by atoms with Gasteiger partial charge in [-0.2, -0.15) is 0 Å². The molecular weight excluding hydrogens is 408 g/mol. The van der Waals surface area contributed by atoms with Crippen LogP contribution in [0.3, 0.4) is 0 Å². The predicted octanol–water partition coefficient (Wildman–Crippen LogP) is 4.87. The maximum absolute atomic E-state index is 6.17. The Morgan fingerprint density at radius 2 is 1.77 bits per heavy atom. The van der Waals surface area contributed by atoms with E-state index in [0.29, 0.717) is 12.1 Å². The van der Waals surface area contributed by atoms with Crippen molar-refractivity contribution in [3.05, 3.63) is 34.3 Å². The fourth-order valence-electron chi connectivity index (χ4n) is 4.09. The summed E-state index contributed by atoms with van der Waals surface area (Å²) in [5.41, 5.74) is 1.13. The molecule has 1 aliphatic heterocycles. The Bertz CT molecular complexity index is 566. The van der Waals surface area contributed by atoms with Crippen LogP contribution in [0.4, 0.5) is 0 Å². The molecule has 1 saturated heterocycles. The Balaban J connectivity index is 1.38. The summed E-state index contributed by atoms with van der Waals surface area (Å²) in [5.74, 6) is 0. The molecule has 1 aliphatic carbocycles. The summed E-state index contributed by atoms with van der Waals surface area (Å²) in [5, 5.41) is 0.